The van der Waals surface area contributed by atoms with Crippen molar-refractivity contribution in [3.8, 4) is 67.7 Å². The van der Waals surface area contributed by atoms with Crippen molar-refractivity contribution in [2.45, 2.75) is 0 Å². The van der Waals surface area contributed by atoms with Crippen molar-refractivity contribution < 1.29 is 0 Å². The average Bonchev–Trinajstić information content (AvgIpc) is 3.62. The van der Waals surface area contributed by atoms with Gasteiger partial charge in [-0.1, -0.05) is 146 Å². The molecule has 10 aromatic rings. The molecule has 0 spiro atoms. The topological polar surface area (TPSA) is 51.6 Å². The van der Waals surface area contributed by atoms with Crippen LogP contribution in [0.15, 0.2) is 182 Å². The van der Waals surface area contributed by atoms with E-state index in [2.05, 4.69) is 121 Å². The number of thiophene rings is 1. The van der Waals surface area contributed by atoms with Crippen molar-refractivity contribution in [3.05, 3.63) is 182 Å². The first-order chi connectivity index (χ1) is 26.2. The normalized spacial score (nSPS) is 11.4. The third-order valence-corrected chi connectivity index (χ3v) is 10.9. The van der Waals surface area contributed by atoms with Crippen molar-refractivity contribution in [2.75, 3.05) is 0 Å². The quantitative estimate of drug-likeness (QED) is 0.174. The molecule has 0 N–H and O–H groups in total. The summed E-state index contributed by atoms with van der Waals surface area (Å²) in [6.07, 6.45) is 0. The minimum Gasteiger partial charge on any atom is -0.248 e. The predicted octanol–water partition coefficient (Wildman–Crippen LogP) is 12.8. The van der Waals surface area contributed by atoms with E-state index in [1.807, 2.05) is 72.0 Å². The smallest absolute Gasteiger partial charge is 0.164 e. The summed E-state index contributed by atoms with van der Waals surface area (Å²) in [6, 6.07) is 63.4. The van der Waals surface area contributed by atoms with Gasteiger partial charge in [-0.3, -0.25) is 0 Å². The molecule has 0 aliphatic heterocycles. The van der Waals surface area contributed by atoms with Gasteiger partial charge in [-0.05, 0) is 58.7 Å². The second-order valence-corrected chi connectivity index (χ2v) is 14.1. The van der Waals surface area contributed by atoms with Gasteiger partial charge < -0.3 is 0 Å². The second kappa shape index (κ2) is 13.1. The number of fused-ring (bicyclic) bond motifs is 4. The summed E-state index contributed by atoms with van der Waals surface area (Å²) in [4.78, 5) is 20.1. The van der Waals surface area contributed by atoms with Gasteiger partial charge in [0.15, 0.2) is 17.5 Å². The van der Waals surface area contributed by atoms with E-state index < -0.39 is 0 Å². The Hall–Kier alpha value is -6.82. The number of aromatic nitrogens is 4. The third-order valence-electron chi connectivity index (χ3n) is 9.72. The summed E-state index contributed by atoms with van der Waals surface area (Å²) in [6.45, 7) is 0. The maximum absolute atomic E-state index is 5.17. The number of hydrogen-bond acceptors (Lipinski definition) is 5. The highest BCUT2D eigenvalue weighted by Gasteiger charge is 2.17. The monoisotopic (exact) mass is 694 g/mol. The van der Waals surface area contributed by atoms with Crippen LogP contribution in [0.25, 0.3) is 98.7 Å². The molecule has 3 heterocycles. The first-order valence-electron chi connectivity index (χ1n) is 17.6. The van der Waals surface area contributed by atoms with E-state index in [9.17, 15) is 0 Å². The molecule has 0 aliphatic rings. The van der Waals surface area contributed by atoms with Crippen LogP contribution >= 0.6 is 11.3 Å². The van der Waals surface area contributed by atoms with Crippen molar-refractivity contribution in [1.82, 2.24) is 19.9 Å². The molecule has 7 aromatic carbocycles. The lowest BCUT2D eigenvalue weighted by Crippen LogP contribution is -2.00. The van der Waals surface area contributed by atoms with E-state index in [1.165, 1.54) is 36.9 Å². The summed E-state index contributed by atoms with van der Waals surface area (Å²) in [5.41, 5.74) is 10.5. The molecular formula is C48H30N4S. The van der Waals surface area contributed by atoms with Gasteiger partial charge in [-0.15, -0.1) is 11.3 Å². The van der Waals surface area contributed by atoms with Crippen LogP contribution in [0.2, 0.25) is 0 Å². The van der Waals surface area contributed by atoms with E-state index in [1.54, 1.807) is 0 Å². The molecule has 248 valence electrons. The molecule has 0 saturated carbocycles. The van der Waals surface area contributed by atoms with Crippen LogP contribution in [0.1, 0.15) is 0 Å². The molecule has 0 aliphatic carbocycles. The zero-order chi connectivity index (χ0) is 35.1. The summed E-state index contributed by atoms with van der Waals surface area (Å²) in [5.74, 6) is 1.94. The van der Waals surface area contributed by atoms with E-state index in [0.717, 1.165) is 44.4 Å². The molecule has 4 nitrogen and oxygen atoms in total. The fourth-order valence-electron chi connectivity index (χ4n) is 7.17. The van der Waals surface area contributed by atoms with Gasteiger partial charge in [0.2, 0.25) is 0 Å². The molecule has 3 aromatic heterocycles. The van der Waals surface area contributed by atoms with Gasteiger partial charge in [-0.25, -0.2) is 19.9 Å². The molecular weight excluding hydrogens is 665 g/mol. The average molecular weight is 695 g/mol. The van der Waals surface area contributed by atoms with Crippen molar-refractivity contribution >= 4 is 42.4 Å². The van der Waals surface area contributed by atoms with Gasteiger partial charge >= 0.3 is 0 Å². The Balaban J connectivity index is 1.12. The lowest BCUT2D eigenvalue weighted by atomic mass is 9.96. The number of pyridine rings is 1. The van der Waals surface area contributed by atoms with E-state index in [-0.39, 0.29) is 0 Å². The van der Waals surface area contributed by atoms with Crippen LogP contribution < -0.4 is 0 Å². The molecule has 0 bridgehead atoms. The summed E-state index contributed by atoms with van der Waals surface area (Å²) in [5, 5.41) is 3.61. The van der Waals surface area contributed by atoms with Crippen molar-refractivity contribution in [2.24, 2.45) is 0 Å². The van der Waals surface area contributed by atoms with E-state index in [0.29, 0.717) is 17.5 Å². The Bertz CT molecular complexity index is 2880. The molecule has 5 heteroatoms. The number of nitrogens with zero attached hydrogens (tertiary/aromatic N) is 4. The number of benzene rings is 7. The maximum atomic E-state index is 5.17. The lowest BCUT2D eigenvalue weighted by Gasteiger charge is -2.11. The van der Waals surface area contributed by atoms with Gasteiger partial charge in [0, 0.05) is 47.8 Å². The van der Waals surface area contributed by atoms with Crippen LogP contribution in [-0.2, 0) is 0 Å². The molecule has 0 unspecified atom stereocenters. The largest absolute Gasteiger partial charge is 0.248 e. The Morgan fingerprint density at radius 3 is 1.62 bits per heavy atom. The van der Waals surface area contributed by atoms with Gasteiger partial charge in [0.1, 0.15) is 0 Å². The number of hydrogen-bond donors (Lipinski definition) is 0. The van der Waals surface area contributed by atoms with Crippen LogP contribution in [0, 0.1) is 0 Å². The third kappa shape index (κ3) is 5.74. The van der Waals surface area contributed by atoms with Crippen molar-refractivity contribution in [3.63, 3.8) is 0 Å². The maximum Gasteiger partial charge on any atom is 0.164 e. The van der Waals surface area contributed by atoms with Crippen LogP contribution in [0.3, 0.4) is 0 Å². The highest BCUT2D eigenvalue weighted by molar-refractivity contribution is 7.26. The van der Waals surface area contributed by atoms with Gasteiger partial charge in [0.25, 0.3) is 0 Å². The fourth-order valence-corrected chi connectivity index (χ4v) is 8.28. The highest BCUT2D eigenvalue weighted by Crippen LogP contribution is 2.42. The second-order valence-electron chi connectivity index (χ2n) is 13.0. The first kappa shape index (κ1) is 31.0. The molecule has 10 rings (SSSR count). The predicted molar refractivity (Wildman–Crippen MR) is 221 cm³/mol. The Labute approximate surface area is 310 Å². The Kier molecular flexibility index (Phi) is 7.63. The van der Waals surface area contributed by atoms with Crippen LogP contribution in [0.4, 0.5) is 0 Å². The number of para-hydroxylation sites is 1. The molecule has 0 fully saturated rings. The van der Waals surface area contributed by atoms with E-state index in [4.69, 9.17) is 19.9 Å². The van der Waals surface area contributed by atoms with Crippen LogP contribution in [0.5, 0.6) is 0 Å². The standard InChI is InChI=1S/C48H30N4S/c1-4-14-31(15-5-1)39-30-42(49-41-24-11-10-22-38(39)41)35-26-27-43-40(29-35)45-37(23-13-25-44(45)53-43)34-20-12-21-36(28-34)48-51-46(32-16-6-2-7-17-32)50-47(52-48)33-18-8-3-9-19-33/h1-30H. The molecule has 0 atom stereocenters. The minimum atomic E-state index is 0.640. The first-order valence-corrected chi connectivity index (χ1v) is 18.5. The lowest BCUT2D eigenvalue weighted by molar-refractivity contribution is 1.07. The summed E-state index contributed by atoms with van der Waals surface area (Å²) in [7, 11) is 0. The Morgan fingerprint density at radius 1 is 0.321 bits per heavy atom. The Morgan fingerprint density at radius 2 is 0.906 bits per heavy atom. The van der Waals surface area contributed by atoms with E-state index >= 15 is 0 Å². The summed E-state index contributed by atoms with van der Waals surface area (Å²) >= 11 is 1.82. The highest BCUT2D eigenvalue weighted by atomic mass is 32.1. The molecule has 0 amide bonds. The molecule has 0 radical (unpaired) electrons. The zero-order valence-electron chi connectivity index (χ0n) is 28.5. The minimum absolute atomic E-state index is 0.640. The zero-order valence-corrected chi connectivity index (χ0v) is 29.3. The molecule has 53 heavy (non-hydrogen) atoms. The molecule has 0 saturated heterocycles. The van der Waals surface area contributed by atoms with Crippen LogP contribution in [-0.4, -0.2) is 19.9 Å². The van der Waals surface area contributed by atoms with Gasteiger partial charge in [0.05, 0.1) is 11.2 Å². The van der Waals surface area contributed by atoms with Gasteiger partial charge in [-0.2, -0.15) is 0 Å². The number of rotatable bonds is 6. The summed E-state index contributed by atoms with van der Waals surface area (Å²) < 4.78 is 2.49. The van der Waals surface area contributed by atoms with Crippen molar-refractivity contribution in [1.29, 1.82) is 0 Å². The fraction of sp³-hybridized carbons (Fsp3) is 0. The SMILES string of the molecule is c1ccc(-c2nc(-c3ccccc3)nc(-c3cccc(-c4cccc5sc6ccc(-c7cc(-c8ccccc8)c8ccccc8n7)cc6c45)c3)n2)cc1.